The third-order valence-electron chi connectivity index (χ3n) is 3.01. The molecule has 0 aliphatic carbocycles. The third kappa shape index (κ3) is 1.69. The molecule has 0 saturated carbocycles. The van der Waals surface area contributed by atoms with E-state index in [2.05, 4.69) is 0 Å². The second-order valence-electron chi connectivity index (χ2n) is 4.13. The van der Waals surface area contributed by atoms with Crippen molar-refractivity contribution < 1.29 is 19.3 Å². The second-order valence-corrected chi connectivity index (χ2v) is 4.13. The van der Waals surface area contributed by atoms with Gasteiger partial charge in [0, 0.05) is 0 Å². The number of fused-ring (bicyclic) bond motifs is 1. The first-order valence-electron chi connectivity index (χ1n) is 5.47. The Kier molecular flexibility index (Phi) is 2.55. The lowest BCUT2D eigenvalue weighted by atomic mass is 10.1. The normalized spacial score (nSPS) is 37.3. The van der Waals surface area contributed by atoms with E-state index in [-0.39, 0.29) is 18.3 Å². The number of benzene rings is 1. The molecule has 2 heterocycles. The van der Waals surface area contributed by atoms with Gasteiger partial charge in [-0.15, -0.1) is 0 Å². The van der Waals surface area contributed by atoms with Gasteiger partial charge >= 0.3 is 0 Å². The summed E-state index contributed by atoms with van der Waals surface area (Å²) in [7, 11) is 0. The van der Waals surface area contributed by atoms with Crippen LogP contribution in [0, 0.1) is 0 Å². The van der Waals surface area contributed by atoms with E-state index in [0.29, 0.717) is 13.2 Å². The predicted molar refractivity (Wildman–Crippen MR) is 56.3 cm³/mol. The van der Waals surface area contributed by atoms with Crippen molar-refractivity contribution in [2.75, 3.05) is 13.2 Å². The summed E-state index contributed by atoms with van der Waals surface area (Å²) in [6, 6.07) is 9.59. The van der Waals surface area contributed by atoms with Gasteiger partial charge in [0.2, 0.25) is 0 Å². The lowest BCUT2D eigenvalue weighted by Gasteiger charge is -2.17. The summed E-state index contributed by atoms with van der Waals surface area (Å²) in [5.41, 5.74) is 0. The number of para-hydroxylation sites is 1. The molecule has 0 amide bonds. The first kappa shape index (κ1) is 10.1. The lowest BCUT2D eigenvalue weighted by molar-refractivity contribution is 0.00863. The number of aliphatic hydroxyl groups is 1. The third-order valence-corrected chi connectivity index (χ3v) is 3.01. The molecule has 1 N–H and O–H groups in total. The zero-order valence-corrected chi connectivity index (χ0v) is 8.78. The van der Waals surface area contributed by atoms with Crippen LogP contribution in [-0.2, 0) is 9.47 Å². The van der Waals surface area contributed by atoms with E-state index in [1.807, 2.05) is 30.3 Å². The lowest BCUT2D eigenvalue weighted by Crippen LogP contribution is -2.34. The maximum atomic E-state index is 9.58. The van der Waals surface area contributed by atoms with Gasteiger partial charge in [-0.25, -0.2) is 0 Å². The number of rotatable bonds is 2. The van der Waals surface area contributed by atoms with Gasteiger partial charge in [-0.3, -0.25) is 0 Å². The van der Waals surface area contributed by atoms with Gasteiger partial charge in [-0.1, -0.05) is 18.2 Å². The molecule has 0 spiro atoms. The minimum Gasteiger partial charge on any atom is -0.485 e. The van der Waals surface area contributed by atoms with Crippen LogP contribution in [0.2, 0.25) is 0 Å². The van der Waals surface area contributed by atoms with Gasteiger partial charge in [0.1, 0.15) is 24.1 Å². The highest BCUT2D eigenvalue weighted by molar-refractivity contribution is 5.21. The molecule has 1 aromatic rings. The van der Waals surface area contributed by atoms with Crippen molar-refractivity contribution in [3.8, 4) is 5.75 Å². The minimum atomic E-state index is -0.519. The summed E-state index contributed by atoms with van der Waals surface area (Å²) < 4.78 is 16.7. The van der Waals surface area contributed by atoms with Crippen molar-refractivity contribution in [3.63, 3.8) is 0 Å². The van der Waals surface area contributed by atoms with Gasteiger partial charge in [0.15, 0.2) is 6.10 Å². The van der Waals surface area contributed by atoms with Gasteiger partial charge in [0.05, 0.1) is 13.2 Å². The van der Waals surface area contributed by atoms with Gasteiger partial charge in [-0.2, -0.15) is 0 Å². The van der Waals surface area contributed by atoms with Crippen LogP contribution in [0.1, 0.15) is 0 Å². The van der Waals surface area contributed by atoms with Crippen LogP contribution in [0.3, 0.4) is 0 Å². The molecular formula is C12H14O4. The number of hydrogen-bond donors (Lipinski definition) is 1. The van der Waals surface area contributed by atoms with Crippen molar-refractivity contribution in [2.45, 2.75) is 24.4 Å². The monoisotopic (exact) mass is 222 g/mol. The van der Waals surface area contributed by atoms with Crippen molar-refractivity contribution in [1.82, 2.24) is 0 Å². The molecule has 4 atom stereocenters. The second kappa shape index (κ2) is 4.05. The van der Waals surface area contributed by atoms with Crippen LogP contribution in [-0.4, -0.2) is 42.7 Å². The Morgan fingerprint density at radius 1 is 1.06 bits per heavy atom. The van der Waals surface area contributed by atoms with E-state index in [1.54, 1.807) is 0 Å². The standard InChI is InChI=1S/C12H14O4/c13-9-6-14-12-10(7-15-11(9)12)16-8-4-2-1-3-5-8/h1-5,9-13H,6-7H2/t9-,10+,11-,12-/m1/s1. The largest absolute Gasteiger partial charge is 0.485 e. The average molecular weight is 222 g/mol. The fourth-order valence-corrected chi connectivity index (χ4v) is 2.22. The van der Waals surface area contributed by atoms with Crippen LogP contribution in [0.5, 0.6) is 5.75 Å². The summed E-state index contributed by atoms with van der Waals surface area (Å²) in [6.45, 7) is 0.811. The molecule has 0 radical (unpaired) electrons. The minimum absolute atomic E-state index is 0.121. The van der Waals surface area contributed by atoms with Crippen molar-refractivity contribution >= 4 is 0 Å². The molecule has 0 bridgehead atoms. The Labute approximate surface area is 93.7 Å². The Balaban J connectivity index is 1.69. The highest BCUT2D eigenvalue weighted by Gasteiger charge is 2.48. The van der Waals surface area contributed by atoms with Crippen LogP contribution < -0.4 is 4.74 Å². The smallest absolute Gasteiger partial charge is 0.151 e. The Morgan fingerprint density at radius 3 is 2.62 bits per heavy atom. The molecule has 4 nitrogen and oxygen atoms in total. The van der Waals surface area contributed by atoms with Crippen LogP contribution in [0.25, 0.3) is 0 Å². The quantitative estimate of drug-likeness (QED) is 0.795. The molecule has 2 aliphatic heterocycles. The van der Waals surface area contributed by atoms with Gasteiger partial charge < -0.3 is 19.3 Å². The van der Waals surface area contributed by atoms with Crippen LogP contribution in [0.4, 0.5) is 0 Å². The highest BCUT2D eigenvalue weighted by atomic mass is 16.6. The van der Waals surface area contributed by atoms with E-state index >= 15 is 0 Å². The van der Waals surface area contributed by atoms with Crippen LogP contribution in [0.15, 0.2) is 30.3 Å². The highest BCUT2D eigenvalue weighted by Crippen LogP contribution is 2.29. The van der Waals surface area contributed by atoms with Gasteiger partial charge in [-0.05, 0) is 12.1 Å². The zero-order chi connectivity index (χ0) is 11.0. The maximum absolute atomic E-state index is 9.58. The molecule has 4 heteroatoms. The average Bonchev–Trinajstić information content (AvgIpc) is 2.86. The Hall–Kier alpha value is -1.10. The number of hydrogen-bond acceptors (Lipinski definition) is 4. The van der Waals surface area contributed by atoms with Gasteiger partial charge in [0.25, 0.3) is 0 Å². The molecule has 3 rings (SSSR count). The van der Waals surface area contributed by atoms with E-state index in [9.17, 15) is 5.11 Å². The first-order valence-corrected chi connectivity index (χ1v) is 5.47. The summed E-state index contributed by atoms with van der Waals surface area (Å²) >= 11 is 0. The summed E-state index contributed by atoms with van der Waals surface area (Å²) in [6.07, 6.45) is -1.01. The van der Waals surface area contributed by atoms with E-state index in [0.717, 1.165) is 5.75 Å². The van der Waals surface area contributed by atoms with E-state index in [4.69, 9.17) is 14.2 Å². The van der Waals surface area contributed by atoms with Crippen molar-refractivity contribution in [1.29, 1.82) is 0 Å². The molecule has 2 aliphatic rings. The summed E-state index contributed by atoms with van der Waals surface area (Å²) in [4.78, 5) is 0. The molecule has 16 heavy (non-hydrogen) atoms. The maximum Gasteiger partial charge on any atom is 0.151 e. The Bertz CT molecular complexity index is 353. The topological polar surface area (TPSA) is 47.9 Å². The Morgan fingerprint density at radius 2 is 1.81 bits per heavy atom. The fourth-order valence-electron chi connectivity index (χ4n) is 2.22. The molecule has 2 saturated heterocycles. The molecule has 1 aromatic carbocycles. The molecule has 0 unspecified atom stereocenters. The zero-order valence-electron chi connectivity index (χ0n) is 8.78. The van der Waals surface area contributed by atoms with E-state index < -0.39 is 6.10 Å². The molecule has 0 aromatic heterocycles. The van der Waals surface area contributed by atoms with Crippen molar-refractivity contribution in [3.05, 3.63) is 30.3 Å². The van der Waals surface area contributed by atoms with E-state index in [1.165, 1.54) is 0 Å². The fraction of sp³-hybridized carbons (Fsp3) is 0.500. The molecular weight excluding hydrogens is 208 g/mol. The summed E-state index contributed by atoms with van der Waals surface area (Å²) in [5.74, 6) is 0.807. The SMILES string of the molecule is O[C@@H]1CO[C@H]2[C@@H]1OC[C@@H]2Oc1ccccc1. The summed E-state index contributed by atoms with van der Waals surface area (Å²) in [5, 5.41) is 9.58. The first-order chi connectivity index (χ1) is 7.84. The predicted octanol–water partition coefficient (Wildman–Crippen LogP) is 0.592. The molecule has 86 valence electrons. The van der Waals surface area contributed by atoms with Crippen molar-refractivity contribution in [2.24, 2.45) is 0 Å². The molecule has 2 fully saturated rings. The number of aliphatic hydroxyl groups excluding tert-OH is 1. The van der Waals surface area contributed by atoms with Crippen LogP contribution >= 0.6 is 0 Å². The number of ether oxygens (including phenoxy) is 3.